The van der Waals surface area contributed by atoms with E-state index in [9.17, 15) is 0 Å². The number of hydrogen-bond donors (Lipinski definition) is 3. The fraction of sp³-hybridized carbons (Fsp3) is 0.333. The molecule has 13 heavy (non-hydrogen) atoms. The molecule has 1 unspecified atom stereocenters. The van der Waals surface area contributed by atoms with Gasteiger partial charge in [0.2, 0.25) is 0 Å². The predicted octanol–water partition coefficient (Wildman–Crippen LogP) is 0.621. The van der Waals surface area contributed by atoms with Crippen LogP contribution in [0, 0.1) is 0 Å². The summed E-state index contributed by atoms with van der Waals surface area (Å²) >= 11 is 0. The predicted molar refractivity (Wildman–Crippen MR) is 51.3 cm³/mol. The molecule has 1 aromatic carbocycles. The maximum Gasteiger partial charge on any atom is 0.138 e. The van der Waals surface area contributed by atoms with Crippen molar-refractivity contribution in [2.45, 2.75) is 6.04 Å². The summed E-state index contributed by atoms with van der Waals surface area (Å²) in [4.78, 5) is 0. The number of anilines is 1. The summed E-state index contributed by atoms with van der Waals surface area (Å²) in [5, 5.41) is 9.16. The zero-order chi connectivity index (χ0) is 9.84. The molecule has 0 aliphatic rings. The minimum atomic E-state index is -0.201. The number of ether oxygens (including phenoxy) is 1. The van der Waals surface area contributed by atoms with Crippen LogP contribution in [-0.2, 0) is 4.74 Å². The van der Waals surface area contributed by atoms with Crippen molar-refractivity contribution in [2.75, 3.05) is 19.5 Å². The third kappa shape index (κ3) is 2.34. The molecule has 0 spiro atoms. The highest BCUT2D eigenvalue weighted by Gasteiger charge is 2.06. The van der Waals surface area contributed by atoms with E-state index in [0.717, 1.165) is 5.56 Å². The molecule has 0 heterocycles. The lowest BCUT2D eigenvalue weighted by Crippen LogP contribution is -2.16. The molecule has 0 saturated heterocycles. The second-order valence-corrected chi connectivity index (χ2v) is 2.88. The molecule has 0 aromatic heterocycles. The Balaban J connectivity index is 2.84. The van der Waals surface area contributed by atoms with Crippen molar-refractivity contribution in [3.05, 3.63) is 23.8 Å². The normalized spacial score (nSPS) is 12.8. The topological polar surface area (TPSA) is 81.5 Å². The number of phenols is 1. The highest BCUT2D eigenvalue weighted by Crippen LogP contribution is 2.23. The van der Waals surface area contributed by atoms with Crippen LogP contribution < -0.4 is 11.5 Å². The average Bonchev–Trinajstić information content (AvgIpc) is 2.10. The number of methoxy groups -OCH3 is 1. The second kappa shape index (κ2) is 4.11. The Labute approximate surface area is 77.1 Å². The molecule has 72 valence electrons. The van der Waals surface area contributed by atoms with E-state index in [4.69, 9.17) is 21.3 Å². The molecule has 0 bridgehead atoms. The Morgan fingerprint density at radius 3 is 2.77 bits per heavy atom. The summed E-state index contributed by atoms with van der Waals surface area (Å²) in [6, 6.07) is 4.71. The summed E-state index contributed by atoms with van der Waals surface area (Å²) in [5.74, 6) is 0.0772. The van der Waals surface area contributed by atoms with E-state index < -0.39 is 0 Å². The first-order chi connectivity index (χ1) is 6.15. The number of hydrogen-bond acceptors (Lipinski definition) is 4. The van der Waals surface area contributed by atoms with Gasteiger partial charge in [-0.1, -0.05) is 6.07 Å². The molecule has 1 atom stereocenters. The molecule has 0 fully saturated rings. The maximum atomic E-state index is 9.16. The first-order valence-electron chi connectivity index (χ1n) is 3.98. The molecule has 5 N–H and O–H groups in total. The van der Waals surface area contributed by atoms with Gasteiger partial charge in [0.05, 0.1) is 18.3 Å². The van der Waals surface area contributed by atoms with Crippen molar-refractivity contribution in [3.63, 3.8) is 0 Å². The van der Waals surface area contributed by atoms with Crippen LogP contribution in [0.2, 0.25) is 0 Å². The highest BCUT2D eigenvalue weighted by atomic mass is 16.5. The fourth-order valence-electron chi connectivity index (χ4n) is 1.08. The lowest BCUT2D eigenvalue weighted by molar-refractivity contribution is 0.181. The van der Waals surface area contributed by atoms with Crippen molar-refractivity contribution in [2.24, 2.45) is 5.73 Å². The van der Waals surface area contributed by atoms with E-state index in [2.05, 4.69) is 0 Å². The number of nitrogens with two attached hydrogens (primary N) is 2. The van der Waals surface area contributed by atoms with Gasteiger partial charge in [-0.25, -0.2) is 0 Å². The van der Waals surface area contributed by atoms with Crippen molar-refractivity contribution in [1.82, 2.24) is 0 Å². The first kappa shape index (κ1) is 9.83. The van der Waals surface area contributed by atoms with Crippen LogP contribution in [0.1, 0.15) is 11.6 Å². The van der Waals surface area contributed by atoms with Gasteiger partial charge in [-0.3, -0.25) is 0 Å². The van der Waals surface area contributed by atoms with E-state index in [1.165, 1.54) is 6.07 Å². The molecule has 0 aliphatic heterocycles. The van der Waals surface area contributed by atoms with Crippen molar-refractivity contribution < 1.29 is 9.84 Å². The number of phenolic OH excluding ortho intramolecular Hbond substituents is 1. The SMILES string of the molecule is COCC(N)c1ccc(O)c(N)c1. The van der Waals surface area contributed by atoms with Crippen molar-refractivity contribution in [3.8, 4) is 5.75 Å². The lowest BCUT2D eigenvalue weighted by atomic mass is 10.1. The van der Waals surface area contributed by atoms with E-state index >= 15 is 0 Å². The van der Waals surface area contributed by atoms with Gasteiger partial charge in [0.25, 0.3) is 0 Å². The van der Waals surface area contributed by atoms with E-state index in [1.807, 2.05) is 0 Å². The minimum Gasteiger partial charge on any atom is -0.506 e. The van der Waals surface area contributed by atoms with Gasteiger partial charge in [0.1, 0.15) is 5.75 Å². The fourth-order valence-corrected chi connectivity index (χ4v) is 1.08. The van der Waals surface area contributed by atoms with Crippen LogP contribution in [-0.4, -0.2) is 18.8 Å². The zero-order valence-corrected chi connectivity index (χ0v) is 7.53. The monoisotopic (exact) mass is 182 g/mol. The number of benzene rings is 1. The summed E-state index contributed by atoms with van der Waals surface area (Å²) < 4.78 is 4.90. The molecular formula is C9H14N2O2. The Kier molecular flexibility index (Phi) is 3.11. The third-order valence-electron chi connectivity index (χ3n) is 1.83. The molecule has 4 nitrogen and oxygen atoms in total. The van der Waals surface area contributed by atoms with Crippen LogP contribution in [0.15, 0.2) is 18.2 Å². The molecule has 4 heteroatoms. The summed E-state index contributed by atoms with van der Waals surface area (Å²) in [7, 11) is 1.59. The number of aromatic hydroxyl groups is 1. The second-order valence-electron chi connectivity index (χ2n) is 2.88. The molecule has 0 radical (unpaired) electrons. The van der Waals surface area contributed by atoms with Crippen LogP contribution in [0.25, 0.3) is 0 Å². The van der Waals surface area contributed by atoms with Gasteiger partial charge in [-0.15, -0.1) is 0 Å². The highest BCUT2D eigenvalue weighted by molar-refractivity contribution is 5.53. The van der Waals surface area contributed by atoms with Gasteiger partial charge in [-0.05, 0) is 17.7 Å². The van der Waals surface area contributed by atoms with Gasteiger partial charge in [-0.2, -0.15) is 0 Å². The van der Waals surface area contributed by atoms with Gasteiger partial charge in [0, 0.05) is 7.11 Å². The molecule has 1 rings (SSSR count). The molecular weight excluding hydrogens is 168 g/mol. The molecule has 0 saturated carbocycles. The van der Waals surface area contributed by atoms with Crippen molar-refractivity contribution >= 4 is 5.69 Å². The molecule has 0 aliphatic carbocycles. The van der Waals surface area contributed by atoms with Gasteiger partial charge in [0.15, 0.2) is 0 Å². The lowest BCUT2D eigenvalue weighted by Gasteiger charge is -2.11. The number of rotatable bonds is 3. The largest absolute Gasteiger partial charge is 0.506 e. The average molecular weight is 182 g/mol. The first-order valence-corrected chi connectivity index (χ1v) is 3.98. The van der Waals surface area contributed by atoms with E-state index in [1.54, 1.807) is 19.2 Å². The summed E-state index contributed by atoms with van der Waals surface area (Å²) in [5.41, 5.74) is 12.5. The van der Waals surface area contributed by atoms with E-state index in [-0.39, 0.29) is 11.8 Å². The maximum absolute atomic E-state index is 9.16. The number of nitrogen functional groups attached to an aromatic ring is 1. The smallest absolute Gasteiger partial charge is 0.138 e. The molecule has 0 amide bonds. The van der Waals surface area contributed by atoms with Gasteiger partial charge >= 0.3 is 0 Å². The Morgan fingerprint density at radius 1 is 1.54 bits per heavy atom. The van der Waals surface area contributed by atoms with Crippen LogP contribution in [0.5, 0.6) is 5.75 Å². The summed E-state index contributed by atoms with van der Waals surface area (Å²) in [6.07, 6.45) is 0. The van der Waals surface area contributed by atoms with Crippen LogP contribution in [0.4, 0.5) is 5.69 Å². The van der Waals surface area contributed by atoms with Crippen molar-refractivity contribution in [1.29, 1.82) is 0 Å². The van der Waals surface area contributed by atoms with Gasteiger partial charge < -0.3 is 21.3 Å². The standard InChI is InChI=1S/C9H14N2O2/c1-13-5-8(11)6-2-3-9(12)7(10)4-6/h2-4,8,12H,5,10-11H2,1H3. The summed E-state index contributed by atoms with van der Waals surface area (Å²) in [6.45, 7) is 0.435. The zero-order valence-electron chi connectivity index (χ0n) is 7.53. The quantitative estimate of drug-likeness (QED) is 0.473. The molecule has 1 aromatic rings. The Bertz CT molecular complexity index is 289. The van der Waals surface area contributed by atoms with Crippen LogP contribution >= 0.6 is 0 Å². The minimum absolute atomic E-state index is 0.0772. The Hall–Kier alpha value is -1.26. The van der Waals surface area contributed by atoms with Crippen LogP contribution in [0.3, 0.4) is 0 Å². The third-order valence-corrected chi connectivity index (χ3v) is 1.83. The van der Waals surface area contributed by atoms with E-state index in [0.29, 0.717) is 12.3 Å². The Morgan fingerprint density at radius 2 is 2.23 bits per heavy atom.